The molecule has 2 aliphatic heterocycles. The number of carboxylic acid groups (broad SMARTS) is 2. The monoisotopic (exact) mass is 310 g/mol. The number of hydrogen-bond donors (Lipinski definition) is 4. The molecular weight excluding hydrogens is 284 g/mol. The van der Waals surface area contributed by atoms with Crippen LogP contribution in [0.5, 0.6) is 0 Å². The summed E-state index contributed by atoms with van der Waals surface area (Å²) in [6.07, 6.45) is 3.45. The summed E-state index contributed by atoms with van der Waals surface area (Å²) in [5.74, 6) is -2.38. The molecule has 0 bridgehead atoms. The van der Waals surface area contributed by atoms with E-state index in [1.54, 1.807) is 6.92 Å². The molecule has 4 unspecified atom stereocenters. The summed E-state index contributed by atoms with van der Waals surface area (Å²) in [5, 5.41) is 25.8. The van der Waals surface area contributed by atoms with Crippen LogP contribution in [0.1, 0.15) is 46.5 Å². The maximum Gasteiger partial charge on any atom is 0.333 e. The van der Waals surface area contributed by atoms with E-state index in [1.165, 1.54) is 0 Å². The Kier molecular flexibility index (Phi) is 4.80. The molecule has 2 heterocycles. The van der Waals surface area contributed by atoms with Crippen molar-refractivity contribution in [2.24, 2.45) is 11.3 Å². The van der Waals surface area contributed by atoms with E-state index in [1.807, 2.05) is 6.92 Å². The molecule has 4 atom stereocenters. The summed E-state index contributed by atoms with van der Waals surface area (Å²) in [7, 11) is 0. The smallest absolute Gasteiger partial charge is 0.333 e. The SMILES string of the molecule is CCCCCC1C(C(=O)O)=C(C)NC(C)C1(C(=O)O)C1CN1. The second kappa shape index (κ2) is 6.28. The van der Waals surface area contributed by atoms with Crippen molar-refractivity contribution >= 4 is 11.9 Å². The quantitative estimate of drug-likeness (QED) is 0.420. The molecule has 2 aliphatic rings. The molecule has 0 aromatic heterocycles. The lowest BCUT2D eigenvalue weighted by Gasteiger charge is -2.46. The number of nitrogens with one attached hydrogen (secondary N) is 2. The summed E-state index contributed by atoms with van der Waals surface area (Å²) in [4.78, 5) is 23.9. The number of carbonyl (C=O) groups is 2. The Hall–Kier alpha value is -1.56. The third-order valence-electron chi connectivity index (χ3n) is 5.16. The summed E-state index contributed by atoms with van der Waals surface area (Å²) in [6, 6.07) is -0.471. The number of hydrogen-bond acceptors (Lipinski definition) is 4. The molecular formula is C16H26N2O4. The Morgan fingerprint density at radius 1 is 1.32 bits per heavy atom. The second-order valence-corrected chi connectivity index (χ2v) is 6.46. The van der Waals surface area contributed by atoms with E-state index in [4.69, 9.17) is 0 Å². The van der Waals surface area contributed by atoms with Crippen LogP contribution in [-0.2, 0) is 9.59 Å². The van der Waals surface area contributed by atoms with Crippen molar-refractivity contribution in [1.29, 1.82) is 0 Å². The van der Waals surface area contributed by atoms with Crippen LogP contribution in [0, 0.1) is 11.3 Å². The number of rotatable bonds is 7. The molecule has 0 amide bonds. The predicted octanol–water partition coefficient (Wildman–Crippen LogP) is 1.58. The van der Waals surface area contributed by atoms with Crippen LogP contribution in [0.2, 0.25) is 0 Å². The van der Waals surface area contributed by atoms with Crippen LogP contribution in [0.4, 0.5) is 0 Å². The van der Waals surface area contributed by atoms with Crippen molar-refractivity contribution in [2.45, 2.75) is 58.5 Å². The van der Waals surface area contributed by atoms with Gasteiger partial charge in [-0.1, -0.05) is 26.2 Å². The van der Waals surface area contributed by atoms with Gasteiger partial charge in [-0.2, -0.15) is 0 Å². The van der Waals surface area contributed by atoms with Gasteiger partial charge in [0.2, 0.25) is 0 Å². The van der Waals surface area contributed by atoms with Gasteiger partial charge in [-0.3, -0.25) is 4.79 Å². The standard InChI is InChI=1S/C16H26N2O4/c1-4-5-6-7-11-13(14(19)20)9(2)18-10(3)16(11,15(21)22)12-8-17-12/h10-12,17-18H,4-8H2,1-3H3,(H,19,20)(H,21,22). The number of allylic oxidation sites excluding steroid dienone is 1. The predicted molar refractivity (Wildman–Crippen MR) is 82.4 cm³/mol. The average molecular weight is 310 g/mol. The van der Waals surface area contributed by atoms with Crippen LogP contribution in [0.3, 0.4) is 0 Å². The molecule has 6 nitrogen and oxygen atoms in total. The first-order valence-electron chi connectivity index (χ1n) is 8.04. The zero-order valence-corrected chi connectivity index (χ0v) is 13.5. The largest absolute Gasteiger partial charge is 0.481 e. The first-order valence-corrected chi connectivity index (χ1v) is 8.04. The minimum absolute atomic E-state index is 0.165. The summed E-state index contributed by atoms with van der Waals surface area (Å²) in [5.41, 5.74) is -0.259. The third-order valence-corrected chi connectivity index (χ3v) is 5.16. The van der Waals surface area contributed by atoms with E-state index < -0.39 is 23.3 Å². The molecule has 2 rings (SSSR count). The van der Waals surface area contributed by atoms with E-state index in [9.17, 15) is 19.8 Å². The van der Waals surface area contributed by atoms with E-state index in [2.05, 4.69) is 17.6 Å². The normalized spacial score (nSPS) is 34.2. The Balaban J connectivity index is 2.48. The summed E-state index contributed by atoms with van der Waals surface area (Å²) >= 11 is 0. The minimum Gasteiger partial charge on any atom is -0.481 e. The van der Waals surface area contributed by atoms with Crippen molar-refractivity contribution in [3.05, 3.63) is 11.3 Å². The van der Waals surface area contributed by atoms with Crippen LogP contribution < -0.4 is 10.6 Å². The first-order chi connectivity index (χ1) is 10.4. The van der Waals surface area contributed by atoms with Gasteiger partial charge in [0, 0.05) is 30.2 Å². The van der Waals surface area contributed by atoms with Crippen molar-refractivity contribution in [3.63, 3.8) is 0 Å². The molecule has 0 aliphatic carbocycles. The maximum absolute atomic E-state index is 12.2. The Morgan fingerprint density at radius 2 is 1.95 bits per heavy atom. The summed E-state index contributed by atoms with van der Waals surface area (Å²) in [6.45, 7) is 6.30. The van der Waals surface area contributed by atoms with Gasteiger partial charge in [-0.25, -0.2) is 4.79 Å². The molecule has 1 saturated heterocycles. The van der Waals surface area contributed by atoms with Crippen molar-refractivity contribution < 1.29 is 19.8 Å². The fourth-order valence-corrected chi connectivity index (χ4v) is 4.04. The number of aliphatic carboxylic acids is 2. The van der Waals surface area contributed by atoms with Gasteiger partial charge in [0.05, 0.1) is 5.57 Å². The highest BCUT2D eigenvalue weighted by Gasteiger charge is 2.62. The Bertz CT molecular complexity index is 498. The molecule has 0 spiro atoms. The highest BCUT2D eigenvalue weighted by Crippen LogP contribution is 2.49. The minimum atomic E-state index is -1.10. The molecule has 1 fully saturated rings. The third kappa shape index (κ3) is 2.60. The zero-order chi connectivity index (χ0) is 16.5. The summed E-state index contributed by atoms with van der Waals surface area (Å²) < 4.78 is 0. The molecule has 0 radical (unpaired) electrons. The van der Waals surface area contributed by atoms with Gasteiger partial charge >= 0.3 is 11.9 Å². The lowest BCUT2D eigenvalue weighted by Crippen LogP contribution is -2.61. The van der Waals surface area contributed by atoms with Crippen LogP contribution in [0.25, 0.3) is 0 Å². The average Bonchev–Trinajstić information content (AvgIpc) is 3.22. The van der Waals surface area contributed by atoms with E-state index in [-0.39, 0.29) is 17.7 Å². The molecule has 0 saturated carbocycles. The lowest BCUT2D eigenvalue weighted by atomic mass is 9.61. The highest BCUT2D eigenvalue weighted by atomic mass is 16.4. The topological polar surface area (TPSA) is 109 Å². The first kappa shape index (κ1) is 16.8. The van der Waals surface area contributed by atoms with Gasteiger partial charge < -0.3 is 20.8 Å². The Labute approximate surface area is 131 Å². The van der Waals surface area contributed by atoms with Gasteiger partial charge in [-0.05, 0) is 20.3 Å². The number of carboxylic acids is 2. The van der Waals surface area contributed by atoms with Gasteiger partial charge in [0.25, 0.3) is 0 Å². The maximum atomic E-state index is 12.2. The van der Waals surface area contributed by atoms with Crippen molar-refractivity contribution in [2.75, 3.05) is 6.54 Å². The molecule has 22 heavy (non-hydrogen) atoms. The van der Waals surface area contributed by atoms with Crippen molar-refractivity contribution in [3.8, 4) is 0 Å². The van der Waals surface area contributed by atoms with Gasteiger partial charge in [-0.15, -0.1) is 0 Å². The van der Waals surface area contributed by atoms with E-state index in [0.717, 1.165) is 19.3 Å². The lowest BCUT2D eigenvalue weighted by molar-refractivity contribution is -0.155. The highest BCUT2D eigenvalue weighted by molar-refractivity contribution is 5.91. The fourth-order valence-electron chi connectivity index (χ4n) is 4.04. The van der Waals surface area contributed by atoms with Crippen LogP contribution >= 0.6 is 0 Å². The molecule has 4 N–H and O–H groups in total. The Morgan fingerprint density at radius 3 is 2.41 bits per heavy atom. The van der Waals surface area contributed by atoms with E-state index in [0.29, 0.717) is 18.7 Å². The number of unbranched alkanes of at least 4 members (excludes halogenated alkanes) is 2. The molecule has 6 heteroatoms. The van der Waals surface area contributed by atoms with Crippen LogP contribution in [0.15, 0.2) is 11.3 Å². The fraction of sp³-hybridized carbons (Fsp3) is 0.750. The van der Waals surface area contributed by atoms with Gasteiger partial charge in [0.15, 0.2) is 0 Å². The van der Waals surface area contributed by atoms with E-state index >= 15 is 0 Å². The molecule has 0 aromatic carbocycles. The molecule has 0 aromatic rings. The second-order valence-electron chi connectivity index (χ2n) is 6.46. The van der Waals surface area contributed by atoms with Gasteiger partial charge in [0.1, 0.15) is 5.41 Å². The van der Waals surface area contributed by atoms with Crippen molar-refractivity contribution in [1.82, 2.24) is 10.6 Å². The molecule has 124 valence electrons. The zero-order valence-electron chi connectivity index (χ0n) is 13.5. The van der Waals surface area contributed by atoms with Crippen LogP contribution in [-0.4, -0.2) is 40.8 Å².